The van der Waals surface area contributed by atoms with Crippen molar-refractivity contribution in [2.24, 2.45) is 0 Å². The number of fused-ring (bicyclic) bond motifs is 4. The Morgan fingerprint density at radius 1 is 1.16 bits per heavy atom. The molecule has 0 unspecified atom stereocenters. The Morgan fingerprint density at radius 2 is 1.96 bits per heavy atom. The molecule has 128 valence electrons. The van der Waals surface area contributed by atoms with Crippen molar-refractivity contribution in [2.45, 2.75) is 31.3 Å². The van der Waals surface area contributed by atoms with Gasteiger partial charge in [-0.3, -0.25) is 9.59 Å². The van der Waals surface area contributed by atoms with E-state index >= 15 is 0 Å². The summed E-state index contributed by atoms with van der Waals surface area (Å²) in [6.07, 6.45) is 3.23. The molecule has 0 N–H and O–H groups in total. The molecule has 4 rings (SSSR count). The number of hydrogen-bond donors (Lipinski definition) is 0. The quantitative estimate of drug-likeness (QED) is 0.450. The minimum Gasteiger partial charge on any atom is -0.325 e. The Bertz CT molecular complexity index is 903. The van der Waals surface area contributed by atoms with Gasteiger partial charge in [-0.1, -0.05) is 23.2 Å². The average molecular weight is 379 g/mol. The van der Waals surface area contributed by atoms with Crippen LogP contribution < -0.4 is 0 Å². The van der Waals surface area contributed by atoms with Crippen molar-refractivity contribution in [3.63, 3.8) is 0 Å². The van der Waals surface area contributed by atoms with E-state index in [0.29, 0.717) is 23.4 Å². The second-order valence-corrected chi connectivity index (χ2v) is 7.11. The highest BCUT2D eigenvalue weighted by atomic mass is 35.5. The van der Waals surface area contributed by atoms with Gasteiger partial charge in [-0.25, -0.2) is 4.98 Å². The zero-order valence-corrected chi connectivity index (χ0v) is 14.5. The number of carbonyl (C=O) groups excluding carboxylic acids is 2. The molecule has 2 aromatic rings. The average Bonchev–Trinajstić information content (AvgIpc) is 2.92. The van der Waals surface area contributed by atoms with E-state index in [2.05, 4.69) is 4.98 Å². The summed E-state index contributed by atoms with van der Waals surface area (Å²) < 4.78 is 14.0. The lowest BCUT2D eigenvalue weighted by Crippen LogP contribution is -2.45. The van der Waals surface area contributed by atoms with Gasteiger partial charge in [-0.05, 0) is 49.1 Å². The molecule has 7 heteroatoms. The summed E-state index contributed by atoms with van der Waals surface area (Å²) in [7, 11) is 0. The second-order valence-electron chi connectivity index (χ2n) is 6.29. The third kappa shape index (κ3) is 2.62. The van der Waals surface area contributed by atoms with Crippen LogP contribution in [0.25, 0.3) is 0 Å². The summed E-state index contributed by atoms with van der Waals surface area (Å²) >= 11 is 11.8. The molecule has 2 aliphatic heterocycles. The monoisotopic (exact) mass is 378 g/mol. The van der Waals surface area contributed by atoms with Crippen LogP contribution in [0.3, 0.4) is 0 Å². The first-order valence-corrected chi connectivity index (χ1v) is 8.68. The standard InChI is InChI=1S/C18H13Cl2FN2O2/c19-13-3-1-9(7-14(13)20)16(24)18(25)23-10-2-4-15(23)11-5-6-22-17(21)12(11)8-10/h1,3,5-7,10,15H,2,4,8H2/t10-,15+/m1/s1. The summed E-state index contributed by atoms with van der Waals surface area (Å²) in [5.41, 5.74) is 1.50. The van der Waals surface area contributed by atoms with Gasteiger partial charge in [0.1, 0.15) is 0 Å². The van der Waals surface area contributed by atoms with Crippen molar-refractivity contribution < 1.29 is 14.0 Å². The van der Waals surface area contributed by atoms with Crippen LogP contribution in [-0.4, -0.2) is 27.6 Å². The van der Waals surface area contributed by atoms with Crippen molar-refractivity contribution in [1.29, 1.82) is 0 Å². The lowest BCUT2D eigenvalue weighted by atomic mass is 9.94. The number of rotatable bonds is 2. The molecule has 0 spiro atoms. The number of aromatic nitrogens is 1. The number of nitrogens with zero attached hydrogens (tertiary/aromatic N) is 2. The predicted octanol–water partition coefficient (Wildman–Crippen LogP) is 4.00. The number of pyridine rings is 1. The lowest BCUT2D eigenvalue weighted by molar-refractivity contribution is -0.129. The Morgan fingerprint density at radius 3 is 2.72 bits per heavy atom. The SMILES string of the molecule is O=C(C(=O)N1[C@@H]2CC[C@H]1c1ccnc(F)c1C2)c1ccc(Cl)c(Cl)c1. The van der Waals surface area contributed by atoms with E-state index in [1.165, 1.54) is 24.4 Å². The summed E-state index contributed by atoms with van der Waals surface area (Å²) in [4.78, 5) is 30.8. The predicted molar refractivity (Wildman–Crippen MR) is 91.3 cm³/mol. The summed E-state index contributed by atoms with van der Waals surface area (Å²) in [6.45, 7) is 0. The largest absolute Gasteiger partial charge is 0.325 e. The van der Waals surface area contributed by atoms with E-state index < -0.39 is 17.6 Å². The van der Waals surface area contributed by atoms with Crippen molar-refractivity contribution in [3.8, 4) is 0 Å². The highest BCUT2D eigenvalue weighted by molar-refractivity contribution is 6.45. The van der Waals surface area contributed by atoms with Crippen LogP contribution in [0.5, 0.6) is 0 Å². The normalized spacial score (nSPS) is 21.2. The van der Waals surface area contributed by atoms with Gasteiger partial charge in [0.05, 0.1) is 16.1 Å². The first kappa shape index (κ1) is 16.5. The Labute approximate surface area is 153 Å². The molecule has 1 aromatic heterocycles. The van der Waals surface area contributed by atoms with Crippen LogP contribution in [0.4, 0.5) is 4.39 Å². The third-order valence-corrected chi connectivity index (χ3v) is 5.69. The molecule has 2 aliphatic rings. The number of ketones is 1. The number of carbonyl (C=O) groups is 2. The molecule has 2 atom stereocenters. The fourth-order valence-electron chi connectivity index (χ4n) is 3.80. The first-order chi connectivity index (χ1) is 12.0. The maximum Gasteiger partial charge on any atom is 0.295 e. The fraction of sp³-hybridized carbons (Fsp3) is 0.278. The number of halogens is 3. The Hall–Kier alpha value is -1.98. The summed E-state index contributed by atoms with van der Waals surface area (Å²) in [6, 6.07) is 5.63. The molecule has 1 saturated heterocycles. The molecule has 1 aromatic carbocycles. The Kier molecular flexibility index (Phi) is 4.01. The van der Waals surface area contributed by atoms with Crippen LogP contribution in [0.2, 0.25) is 10.0 Å². The molecule has 0 radical (unpaired) electrons. The zero-order chi connectivity index (χ0) is 17.7. The van der Waals surface area contributed by atoms with Gasteiger partial charge in [-0.15, -0.1) is 0 Å². The van der Waals surface area contributed by atoms with Crippen molar-refractivity contribution in [1.82, 2.24) is 9.88 Å². The summed E-state index contributed by atoms with van der Waals surface area (Å²) in [5, 5.41) is 0.543. The van der Waals surface area contributed by atoms with Gasteiger partial charge in [0, 0.05) is 23.4 Å². The van der Waals surface area contributed by atoms with Crippen molar-refractivity contribution in [3.05, 3.63) is 63.1 Å². The molecule has 0 saturated carbocycles. The van der Waals surface area contributed by atoms with Gasteiger partial charge in [0.15, 0.2) is 0 Å². The molecular weight excluding hydrogens is 366 g/mol. The maximum atomic E-state index is 14.0. The van der Waals surface area contributed by atoms with Gasteiger partial charge in [0.2, 0.25) is 11.7 Å². The number of amides is 1. The van der Waals surface area contributed by atoms with Crippen LogP contribution in [-0.2, 0) is 11.2 Å². The molecule has 4 nitrogen and oxygen atoms in total. The zero-order valence-electron chi connectivity index (χ0n) is 13.0. The van der Waals surface area contributed by atoms with Gasteiger partial charge in [0.25, 0.3) is 5.91 Å². The van der Waals surface area contributed by atoms with Crippen LogP contribution >= 0.6 is 23.2 Å². The van der Waals surface area contributed by atoms with Crippen molar-refractivity contribution in [2.75, 3.05) is 0 Å². The highest BCUT2D eigenvalue weighted by Crippen LogP contribution is 2.44. The van der Waals surface area contributed by atoms with Gasteiger partial charge < -0.3 is 4.90 Å². The lowest BCUT2D eigenvalue weighted by Gasteiger charge is -2.35. The molecule has 1 fully saturated rings. The fourth-order valence-corrected chi connectivity index (χ4v) is 4.10. The molecule has 1 amide bonds. The topological polar surface area (TPSA) is 50.3 Å². The molecule has 2 bridgehead atoms. The number of Topliss-reactive ketones (excluding diaryl/α,β-unsaturated/α-hetero) is 1. The molecule has 0 aliphatic carbocycles. The minimum atomic E-state index is -0.631. The van der Waals surface area contributed by atoms with E-state index in [9.17, 15) is 14.0 Å². The smallest absolute Gasteiger partial charge is 0.295 e. The van der Waals surface area contributed by atoms with E-state index in [1.807, 2.05) is 0 Å². The van der Waals surface area contributed by atoms with E-state index in [4.69, 9.17) is 23.2 Å². The van der Waals surface area contributed by atoms with Gasteiger partial charge >= 0.3 is 0 Å². The minimum absolute atomic E-state index is 0.185. The third-order valence-electron chi connectivity index (χ3n) is 4.95. The summed E-state index contributed by atoms with van der Waals surface area (Å²) in [5.74, 6) is -1.71. The Balaban J connectivity index is 1.67. The van der Waals surface area contributed by atoms with Crippen LogP contribution in [0, 0.1) is 5.95 Å². The van der Waals surface area contributed by atoms with E-state index in [1.54, 1.807) is 11.0 Å². The maximum absolute atomic E-state index is 14.0. The molecular formula is C18H13Cl2FN2O2. The van der Waals surface area contributed by atoms with Crippen LogP contribution in [0.15, 0.2) is 30.5 Å². The van der Waals surface area contributed by atoms with Crippen molar-refractivity contribution >= 4 is 34.9 Å². The first-order valence-electron chi connectivity index (χ1n) is 7.92. The highest BCUT2D eigenvalue weighted by Gasteiger charge is 2.45. The molecule has 3 heterocycles. The van der Waals surface area contributed by atoms with Gasteiger partial charge in [-0.2, -0.15) is 4.39 Å². The van der Waals surface area contributed by atoms with E-state index in [-0.39, 0.29) is 22.7 Å². The van der Waals surface area contributed by atoms with E-state index in [0.717, 1.165) is 12.0 Å². The van der Waals surface area contributed by atoms with Crippen LogP contribution in [0.1, 0.15) is 40.4 Å². The number of benzene rings is 1. The molecule has 25 heavy (non-hydrogen) atoms. The number of hydrogen-bond acceptors (Lipinski definition) is 3. The second kappa shape index (κ2) is 6.07.